The van der Waals surface area contributed by atoms with Gasteiger partial charge in [0.05, 0.1) is 6.54 Å². The van der Waals surface area contributed by atoms with Crippen molar-refractivity contribution in [1.82, 2.24) is 5.32 Å². The molecule has 0 aromatic heterocycles. The summed E-state index contributed by atoms with van der Waals surface area (Å²) in [5, 5.41) is 5.87. The minimum Gasteiger partial charge on any atom is -0.370 e. The van der Waals surface area contributed by atoms with E-state index in [1.54, 1.807) is 12.1 Å². The number of anilines is 1. The van der Waals surface area contributed by atoms with Gasteiger partial charge in [0.25, 0.3) is 5.91 Å². The lowest BCUT2D eigenvalue weighted by molar-refractivity contribution is 0.0955. The van der Waals surface area contributed by atoms with E-state index in [0.29, 0.717) is 24.6 Å². The molecule has 4 N–H and O–H groups in total. The Morgan fingerprint density at radius 2 is 1.71 bits per heavy atom. The third kappa shape index (κ3) is 6.57. The Labute approximate surface area is 159 Å². The van der Waals surface area contributed by atoms with Crippen molar-refractivity contribution in [2.24, 2.45) is 10.7 Å². The van der Waals surface area contributed by atoms with Gasteiger partial charge >= 0.3 is 0 Å². The number of guanidine groups is 1. The first-order valence-electron chi connectivity index (χ1n) is 7.53. The molecule has 0 saturated carbocycles. The molecule has 0 aliphatic carbocycles. The fourth-order valence-electron chi connectivity index (χ4n) is 2.27. The number of benzene rings is 2. The summed E-state index contributed by atoms with van der Waals surface area (Å²) >= 11 is 0. The molecule has 2 rings (SSSR count). The molecule has 24 heavy (non-hydrogen) atoms. The van der Waals surface area contributed by atoms with E-state index in [0.717, 1.165) is 16.8 Å². The van der Waals surface area contributed by atoms with Gasteiger partial charge in [-0.3, -0.25) is 9.79 Å². The zero-order chi connectivity index (χ0) is 16.7. The van der Waals surface area contributed by atoms with Crippen molar-refractivity contribution in [2.45, 2.75) is 13.8 Å². The van der Waals surface area contributed by atoms with Crippen LogP contribution in [-0.4, -0.2) is 25.0 Å². The van der Waals surface area contributed by atoms with Gasteiger partial charge in [-0.2, -0.15) is 0 Å². The minimum atomic E-state index is -0.110. The fourth-order valence-corrected chi connectivity index (χ4v) is 2.27. The van der Waals surface area contributed by atoms with E-state index < -0.39 is 0 Å². The number of rotatable bonds is 5. The molecule has 0 radical (unpaired) electrons. The normalized spacial score (nSPS) is 10.7. The predicted octanol–water partition coefficient (Wildman–Crippen LogP) is 3.08. The number of carbonyl (C=O) groups is 1. The molecule has 0 saturated heterocycles. The van der Waals surface area contributed by atoms with E-state index in [9.17, 15) is 4.79 Å². The summed E-state index contributed by atoms with van der Waals surface area (Å²) in [6.07, 6.45) is 0. The molecule has 0 spiro atoms. The SMILES string of the molecule is Cc1cc(C)cc(NC(N)=NCCNC(=O)c2ccccc2)c1.I. The Kier molecular flexibility index (Phi) is 8.25. The maximum absolute atomic E-state index is 11.8. The molecule has 1 amide bonds. The molecule has 0 aliphatic rings. The summed E-state index contributed by atoms with van der Waals surface area (Å²) in [6.45, 7) is 4.92. The van der Waals surface area contributed by atoms with Crippen molar-refractivity contribution in [3.05, 3.63) is 65.2 Å². The molecule has 0 bridgehead atoms. The summed E-state index contributed by atoms with van der Waals surface area (Å²) in [7, 11) is 0. The van der Waals surface area contributed by atoms with Crippen molar-refractivity contribution < 1.29 is 4.79 Å². The van der Waals surface area contributed by atoms with Gasteiger partial charge in [0.2, 0.25) is 0 Å². The highest BCUT2D eigenvalue weighted by Crippen LogP contribution is 2.13. The molecule has 5 nitrogen and oxygen atoms in total. The van der Waals surface area contributed by atoms with Crippen LogP contribution in [0, 0.1) is 13.8 Å². The number of hydrogen-bond donors (Lipinski definition) is 3. The predicted molar refractivity (Wildman–Crippen MR) is 110 cm³/mol. The Hall–Kier alpha value is -2.09. The molecular formula is C18H23IN4O. The van der Waals surface area contributed by atoms with Gasteiger partial charge in [0, 0.05) is 17.8 Å². The monoisotopic (exact) mass is 438 g/mol. The van der Waals surface area contributed by atoms with Crippen LogP contribution in [0.1, 0.15) is 21.5 Å². The van der Waals surface area contributed by atoms with E-state index in [1.165, 1.54) is 0 Å². The molecule has 6 heteroatoms. The van der Waals surface area contributed by atoms with E-state index in [1.807, 2.05) is 44.2 Å². The van der Waals surface area contributed by atoms with Crippen molar-refractivity contribution in [3.8, 4) is 0 Å². The number of aryl methyl sites for hydroxylation is 2. The van der Waals surface area contributed by atoms with Crippen LogP contribution in [0.25, 0.3) is 0 Å². The lowest BCUT2D eigenvalue weighted by Gasteiger charge is -2.08. The number of nitrogens with two attached hydrogens (primary N) is 1. The smallest absolute Gasteiger partial charge is 0.251 e. The average molecular weight is 438 g/mol. The maximum Gasteiger partial charge on any atom is 0.251 e. The first-order valence-corrected chi connectivity index (χ1v) is 7.53. The van der Waals surface area contributed by atoms with Gasteiger partial charge in [-0.05, 0) is 49.2 Å². The van der Waals surface area contributed by atoms with Crippen molar-refractivity contribution in [1.29, 1.82) is 0 Å². The van der Waals surface area contributed by atoms with Gasteiger partial charge < -0.3 is 16.4 Å². The van der Waals surface area contributed by atoms with Gasteiger partial charge in [0.15, 0.2) is 5.96 Å². The number of hydrogen-bond acceptors (Lipinski definition) is 2. The molecule has 0 heterocycles. The fraction of sp³-hybridized carbons (Fsp3) is 0.222. The van der Waals surface area contributed by atoms with Gasteiger partial charge in [-0.25, -0.2) is 0 Å². The van der Waals surface area contributed by atoms with E-state index in [2.05, 4.69) is 21.7 Å². The van der Waals surface area contributed by atoms with Gasteiger partial charge in [-0.15, -0.1) is 24.0 Å². The van der Waals surface area contributed by atoms with Crippen LogP contribution in [0.15, 0.2) is 53.5 Å². The highest BCUT2D eigenvalue weighted by molar-refractivity contribution is 14.0. The van der Waals surface area contributed by atoms with Gasteiger partial charge in [-0.1, -0.05) is 24.3 Å². The van der Waals surface area contributed by atoms with Crippen LogP contribution >= 0.6 is 24.0 Å². The lowest BCUT2D eigenvalue weighted by atomic mass is 10.1. The second kappa shape index (κ2) is 9.92. The highest BCUT2D eigenvalue weighted by Gasteiger charge is 2.02. The zero-order valence-corrected chi connectivity index (χ0v) is 16.2. The van der Waals surface area contributed by atoms with E-state index in [-0.39, 0.29) is 29.9 Å². The van der Waals surface area contributed by atoms with Crippen LogP contribution < -0.4 is 16.4 Å². The highest BCUT2D eigenvalue weighted by atomic mass is 127. The first kappa shape index (κ1) is 20.0. The van der Waals surface area contributed by atoms with Gasteiger partial charge in [0.1, 0.15) is 0 Å². The number of aliphatic imine (C=N–C) groups is 1. The molecule has 2 aromatic rings. The molecule has 128 valence electrons. The second-order valence-corrected chi connectivity index (χ2v) is 5.39. The third-order valence-electron chi connectivity index (χ3n) is 3.21. The molecule has 0 atom stereocenters. The number of halogens is 1. The van der Waals surface area contributed by atoms with Crippen molar-refractivity contribution >= 4 is 41.5 Å². The number of nitrogens with zero attached hydrogens (tertiary/aromatic N) is 1. The van der Waals surface area contributed by atoms with Crippen LogP contribution in [0.5, 0.6) is 0 Å². The quantitative estimate of drug-likeness (QED) is 0.291. The summed E-state index contributed by atoms with van der Waals surface area (Å²) in [6, 6.07) is 15.2. The average Bonchev–Trinajstić information content (AvgIpc) is 2.51. The topological polar surface area (TPSA) is 79.5 Å². The summed E-state index contributed by atoms with van der Waals surface area (Å²) in [5.74, 6) is 0.227. The largest absolute Gasteiger partial charge is 0.370 e. The molecule has 0 aliphatic heterocycles. The second-order valence-electron chi connectivity index (χ2n) is 5.39. The van der Waals surface area contributed by atoms with E-state index in [4.69, 9.17) is 5.73 Å². The van der Waals surface area contributed by atoms with Crippen LogP contribution in [0.2, 0.25) is 0 Å². The minimum absolute atomic E-state index is 0. The Bertz CT molecular complexity index is 681. The zero-order valence-electron chi connectivity index (χ0n) is 13.9. The number of amides is 1. The van der Waals surface area contributed by atoms with E-state index >= 15 is 0 Å². The Morgan fingerprint density at radius 3 is 2.33 bits per heavy atom. The first-order chi connectivity index (χ1) is 11.0. The Morgan fingerprint density at radius 1 is 1.08 bits per heavy atom. The summed E-state index contributed by atoms with van der Waals surface area (Å²) < 4.78 is 0. The number of nitrogens with one attached hydrogen (secondary N) is 2. The van der Waals surface area contributed by atoms with Crippen molar-refractivity contribution in [3.63, 3.8) is 0 Å². The standard InChI is InChI=1S/C18H22N4O.HI/c1-13-10-14(2)12-16(11-13)22-18(19)21-9-8-20-17(23)15-6-4-3-5-7-15;/h3-7,10-12H,8-9H2,1-2H3,(H,20,23)(H3,19,21,22);1H. The molecule has 0 fully saturated rings. The van der Waals surface area contributed by atoms with Crippen LogP contribution in [0.4, 0.5) is 5.69 Å². The molecule has 0 unspecified atom stereocenters. The maximum atomic E-state index is 11.8. The number of carbonyl (C=O) groups excluding carboxylic acids is 1. The van der Waals surface area contributed by atoms with Crippen LogP contribution in [-0.2, 0) is 0 Å². The Balaban J connectivity index is 0.00000288. The third-order valence-corrected chi connectivity index (χ3v) is 3.21. The lowest BCUT2D eigenvalue weighted by Crippen LogP contribution is -2.28. The summed E-state index contributed by atoms with van der Waals surface area (Å²) in [4.78, 5) is 16.1. The molecule has 2 aromatic carbocycles. The summed E-state index contributed by atoms with van der Waals surface area (Å²) in [5.41, 5.74) is 9.74. The van der Waals surface area contributed by atoms with Crippen LogP contribution in [0.3, 0.4) is 0 Å². The molecular weight excluding hydrogens is 415 g/mol. The van der Waals surface area contributed by atoms with Crippen molar-refractivity contribution in [2.75, 3.05) is 18.4 Å².